The minimum Gasteiger partial charge on any atom is -0.489 e. The Morgan fingerprint density at radius 1 is 1.19 bits per heavy atom. The maximum Gasteiger partial charge on any atom is 0.155 e. The van der Waals surface area contributed by atoms with E-state index in [1.54, 1.807) is 23.7 Å². The molecule has 4 rings (SSSR count). The van der Waals surface area contributed by atoms with Crippen LogP contribution in [0.25, 0.3) is 27.1 Å². The Hall–Kier alpha value is -2.51. The van der Waals surface area contributed by atoms with E-state index in [1.807, 2.05) is 35.1 Å². The molecule has 2 N–H and O–H groups in total. The first-order valence-corrected chi connectivity index (χ1v) is 9.89. The molecule has 0 fully saturated rings. The second-order valence-corrected chi connectivity index (χ2v) is 8.47. The zero-order valence-corrected chi connectivity index (χ0v) is 16.5. The van der Waals surface area contributed by atoms with Crippen LogP contribution in [0, 0.1) is 5.92 Å². The molecule has 0 aliphatic carbocycles. The SMILES string of the molecule is CC(C)CC(C)(N)COc1ccc(-c2ccnc3ccnn23)c2scnc12. The summed E-state index contributed by atoms with van der Waals surface area (Å²) in [7, 11) is 0. The van der Waals surface area contributed by atoms with Crippen LogP contribution in [0.5, 0.6) is 5.75 Å². The van der Waals surface area contributed by atoms with E-state index in [-0.39, 0.29) is 5.54 Å². The normalized spacial score (nSPS) is 14.1. The summed E-state index contributed by atoms with van der Waals surface area (Å²) in [4.78, 5) is 8.88. The maximum atomic E-state index is 6.39. The lowest BCUT2D eigenvalue weighted by Gasteiger charge is -2.26. The molecule has 1 atom stereocenters. The largest absolute Gasteiger partial charge is 0.489 e. The summed E-state index contributed by atoms with van der Waals surface area (Å²) in [5.74, 6) is 1.29. The lowest BCUT2D eigenvalue weighted by atomic mass is 9.93. The van der Waals surface area contributed by atoms with Gasteiger partial charge in [-0.2, -0.15) is 5.10 Å². The Morgan fingerprint density at radius 3 is 2.85 bits per heavy atom. The summed E-state index contributed by atoms with van der Waals surface area (Å²) in [6, 6.07) is 7.89. The van der Waals surface area contributed by atoms with E-state index in [0.29, 0.717) is 12.5 Å². The van der Waals surface area contributed by atoms with Crippen LogP contribution in [0.1, 0.15) is 27.2 Å². The highest BCUT2D eigenvalue weighted by Crippen LogP contribution is 2.36. The minimum absolute atomic E-state index is 0.374. The number of hydrogen-bond donors (Lipinski definition) is 1. The van der Waals surface area contributed by atoms with Crippen LogP contribution in [0.2, 0.25) is 0 Å². The van der Waals surface area contributed by atoms with Crippen molar-refractivity contribution >= 4 is 27.2 Å². The second kappa shape index (κ2) is 6.90. The van der Waals surface area contributed by atoms with Crippen molar-refractivity contribution in [2.45, 2.75) is 32.7 Å². The molecule has 0 aliphatic heterocycles. The Morgan fingerprint density at radius 2 is 2.04 bits per heavy atom. The van der Waals surface area contributed by atoms with Crippen LogP contribution in [0.4, 0.5) is 0 Å². The van der Waals surface area contributed by atoms with Crippen molar-refractivity contribution in [2.24, 2.45) is 11.7 Å². The molecular formula is C20H23N5OS. The summed E-state index contributed by atoms with van der Waals surface area (Å²) in [6.45, 7) is 6.83. The maximum absolute atomic E-state index is 6.39. The quantitative estimate of drug-likeness (QED) is 0.543. The molecule has 0 saturated carbocycles. The molecule has 1 aromatic carbocycles. The Kier molecular flexibility index (Phi) is 4.57. The van der Waals surface area contributed by atoms with Crippen molar-refractivity contribution in [1.82, 2.24) is 19.6 Å². The lowest BCUT2D eigenvalue weighted by Crippen LogP contribution is -2.43. The molecule has 3 aromatic heterocycles. The van der Waals surface area contributed by atoms with Gasteiger partial charge in [-0.15, -0.1) is 11.3 Å². The number of nitrogens with zero attached hydrogens (tertiary/aromatic N) is 4. The summed E-state index contributed by atoms with van der Waals surface area (Å²) in [5, 5.41) is 4.40. The van der Waals surface area contributed by atoms with Crippen molar-refractivity contribution in [3.63, 3.8) is 0 Å². The van der Waals surface area contributed by atoms with Gasteiger partial charge in [0, 0.05) is 23.4 Å². The molecule has 4 aromatic rings. The Bertz CT molecular complexity index is 1080. The van der Waals surface area contributed by atoms with Crippen LogP contribution < -0.4 is 10.5 Å². The molecule has 6 nitrogen and oxygen atoms in total. The smallest absolute Gasteiger partial charge is 0.155 e. The van der Waals surface area contributed by atoms with Gasteiger partial charge in [0.1, 0.15) is 17.9 Å². The van der Waals surface area contributed by atoms with Crippen molar-refractivity contribution in [3.05, 3.63) is 42.2 Å². The summed E-state index contributed by atoms with van der Waals surface area (Å²) in [6.07, 6.45) is 4.46. The third-order valence-electron chi connectivity index (χ3n) is 4.44. The van der Waals surface area contributed by atoms with Gasteiger partial charge < -0.3 is 10.5 Å². The first-order chi connectivity index (χ1) is 12.9. The number of fused-ring (bicyclic) bond motifs is 2. The van der Waals surface area contributed by atoms with E-state index in [2.05, 4.69) is 35.0 Å². The Balaban J connectivity index is 1.70. The number of hydrogen-bond acceptors (Lipinski definition) is 6. The highest BCUT2D eigenvalue weighted by atomic mass is 32.1. The topological polar surface area (TPSA) is 78.3 Å². The summed E-state index contributed by atoms with van der Waals surface area (Å²) < 4.78 is 9.00. The first kappa shape index (κ1) is 17.9. The molecule has 0 amide bonds. The molecule has 0 radical (unpaired) electrons. The van der Waals surface area contributed by atoms with Crippen LogP contribution >= 0.6 is 11.3 Å². The third kappa shape index (κ3) is 3.52. The molecule has 7 heteroatoms. The van der Waals surface area contributed by atoms with Crippen LogP contribution in [-0.2, 0) is 0 Å². The van der Waals surface area contributed by atoms with Gasteiger partial charge in [-0.05, 0) is 37.5 Å². The first-order valence-electron chi connectivity index (χ1n) is 9.02. The van der Waals surface area contributed by atoms with Gasteiger partial charge in [-0.1, -0.05) is 13.8 Å². The van der Waals surface area contributed by atoms with E-state index in [4.69, 9.17) is 10.5 Å². The number of nitrogens with two attached hydrogens (primary N) is 1. The molecular weight excluding hydrogens is 358 g/mol. The second-order valence-electron chi connectivity index (χ2n) is 7.61. The fourth-order valence-electron chi connectivity index (χ4n) is 3.52. The van der Waals surface area contributed by atoms with Gasteiger partial charge in [0.2, 0.25) is 0 Å². The molecule has 3 heterocycles. The number of benzene rings is 1. The molecule has 0 spiro atoms. The van der Waals surface area contributed by atoms with Gasteiger partial charge >= 0.3 is 0 Å². The molecule has 0 aliphatic rings. The summed E-state index contributed by atoms with van der Waals surface area (Å²) in [5.41, 5.74) is 11.6. The molecule has 1 unspecified atom stereocenters. The lowest BCUT2D eigenvalue weighted by molar-refractivity contribution is 0.208. The van der Waals surface area contributed by atoms with Gasteiger partial charge in [-0.3, -0.25) is 0 Å². The van der Waals surface area contributed by atoms with Crippen LogP contribution in [-0.4, -0.2) is 31.7 Å². The molecule has 0 saturated heterocycles. The average Bonchev–Trinajstić information content (AvgIpc) is 3.27. The molecule has 27 heavy (non-hydrogen) atoms. The van der Waals surface area contributed by atoms with Crippen LogP contribution in [0.3, 0.4) is 0 Å². The van der Waals surface area contributed by atoms with Crippen molar-refractivity contribution in [1.29, 1.82) is 0 Å². The van der Waals surface area contributed by atoms with E-state index < -0.39 is 0 Å². The highest BCUT2D eigenvalue weighted by Gasteiger charge is 2.22. The van der Waals surface area contributed by atoms with Gasteiger partial charge in [0.25, 0.3) is 0 Å². The third-order valence-corrected chi connectivity index (χ3v) is 5.30. The van der Waals surface area contributed by atoms with Gasteiger partial charge in [0.05, 0.1) is 22.1 Å². The van der Waals surface area contributed by atoms with Crippen molar-refractivity contribution < 1.29 is 4.74 Å². The predicted molar refractivity (Wildman–Crippen MR) is 109 cm³/mol. The predicted octanol–water partition coefficient (Wildman–Crippen LogP) is 4.15. The molecule has 140 valence electrons. The van der Waals surface area contributed by atoms with Crippen molar-refractivity contribution in [3.8, 4) is 17.0 Å². The highest BCUT2D eigenvalue weighted by molar-refractivity contribution is 7.17. The van der Waals surface area contributed by atoms with E-state index in [0.717, 1.165) is 39.3 Å². The zero-order valence-electron chi connectivity index (χ0n) is 15.7. The van der Waals surface area contributed by atoms with E-state index in [1.165, 1.54) is 0 Å². The van der Waals surface area contributed by atoms with Gasteiger partial charge in [0.15, 0.2) is 5.65 Å². The standard InChI is InChI=1S/C20H23N5OS/c1-13(2)10-20(3,21)11-26-16-5-4-14(19-18(16)23-12-27-19)15-6-8-22-17-7-9-24-25(15)17/h4-9,12-13H,10-11,21H2,1-3H3. The number of aromatic nitrogens is 4. The Labute approximate surface area is 162 Å². The minimum atomic E-state index is -0.374. The number of thiazole rings is 1. The fraction of sp³-hybridized carbons (Fsp3) is 0.350. The van der Waals surface area contributed by atoms with E-state index in [9.17, 15) is 0 Å². The van der Waals surface area contributed by atoms with Crippen LogP contribution in [0.15, 0.2) is 42.2 Å². The monoisotopic (exact) mass is 381 g/mol. The fourth-order valence-corrected chi connectivity index (χ4v) is 4.35. The van der Waals surface area contributed by atoms with Gasteiger partial charge in [-0.25, -0.2) is 14.5 Å². The number of ether oxygens (including phenoxy) is 1. The average molecular weight is 382 g/mol. The zero-order chi connectivity index (χ0) is 19.0. The van der Waals surface area contributed by atoms with E-state index >= 15 is 0 Å². The summed E-state index contributed by atoms with van der Waals surface area (Å²) >= 11 is 1.59. The number of rotatable bonds is 6. The van der Waals surface area contributed by atoms with Crippen molar-refractivity contribution in [2.75, 3.05) is 6.61 Å². The molecule has 0 bridgehead atoms.